The van der Waals surface area contributed by atoms with Crippen LogP contribution in [0.3, 0.4) is 0 Å². The van der Waals surface area contributed by atoms with Gasteiger partial charge in [-0.3, -0.25) is 4.79 Å². The van der Waals surface area contributed by atoms with Gasteiger partial charge in [0.1, 0.15) is 5.75 Å². The van der Waals surface area contributed by atoms with Crippen molar-refractivity contribution in [2.24, 2.45) is 5.92 Å². The Hall–Kier alpha value is -1.11. The van der Waals surface area contributed by atoms with Crippen molar-refractivity contribution in [3.63, 3.8) is 0 Å². The number of hydrogen-bond acceptors (Lipinski definition) is 4. The average molecular weight is 371 g/mol. The van der Waals surface area contributed by atoms with Crippen LogP contribution in [0.15, 0.2) is 22.7 Å². The van der Waals surface area contributed by atoms with Gasteiger partial charge in [0.2, 0.25) is 5.91 Å². The first kappa shape index (κ1) is 17.2. The Balaban J connectivity index is 1.82. The summed E-state index contributed by atoms with van der Waals surface area (Å²) in [5.41, 5.74) is 1.15. The van der Waals surface area contributed by atoms with E-state index in [0.29, 0.717) is 26.1 Å². The number of carbonyl (C=O) groups excluding carboxylic acids is 1. The molecule has 1 aromatic carbocycles. The highest BCUT2D eigenvalue weighted by Gasteiger charge is 2.27. The Kier molecular flexibility index (Phi) is 6.23. The first-order valence-electron chi connectivity index (χ1n) is 7.46. The summed E-state index contributed by atoms with van der Waals surface area (Å²) in [6.45, 7) is 1.96. The first-order chi connectivity index (χ1) is 10.5. The van der Waals surface area contributed by atoms with E-state index in [0.717, 1.165) is 22.2 Å². The van der Waals surface area contributed by atoms with Crippen LogP contribution < -0.4 is 10.1 Å². The van der Waals surface area contributed by atoms with Crippen LogP contribution in [-0.2, 0) is 11.2 Å². The fourth-order valence-corrected chi connectivity index (χ4v) is 3.18. The van der Waals surface area contributed by atoms with Crippen LogP contribution in [0.1, 0.15) is 12.0 Å². The summed E-state index contributed by atoms with van der Waals surface area (Å²) in [4.78, 5) is 13.9. The summed E-state index contributed by atoms with van der Waals surface area (Å²) in [5.74, 6) is 0.918. The first-order valence-corrected chi connectivity index (χ1v) is 8.25. The number of likely N-dealkylation sites (N-methyl/N-ethyl adjacent to an activating group) is 1. The summed E-state index contributed by atoms with van der Waals surface area (Å²) in [6, 6.07) is 5.94. The lowest BCUT2D eigenvalue weighted by Crippen LogP contribution is -2.32. The molecular weight excluding hydrogens is 348 g/mol. The van der Waals surface area contributed by atoms with Crippen LogP contribution in [-0.4, -0.2) is 55.8 Å². The number of ether oxygens (including phenoxy) is 1. The minimum Gasteiger partial charge on any atom is -0.496 e. The number of β-amino-alcohol motifs (C(OH)–C–C–N with tert-alkyl or cyclic N) is 1. The quantitative estimate of drug-likeness (QED) is 0.794. The van der Waals surface area contributed by atoms with Crippen LogP contribution in [0.4, 0.5) is 0 Å². The van der Waals surface area contributed by atoms with Crippen molar-refractivity contribution in [2.45, 2.75) is 18.9 Å². The van der Waals surface area contributed by atoms with Crippen molar-refractivity contribution in [3.05, 3.63) is 28.2 Å². The summed E-state index contributed by atoms with van der Waals surface area (Å²) in [5, 5.41) is 12.9. The minimum atomic E-state index is -0.408. The molecule has 1 saturated heterocycles. The number of hydrogen-bond donors (Lipinski definition) is 2. The van der Waals surface area contributed by atoms with Crippen molar-refractivity contribution in [1.82, 2.24) is 10.2 Å². The molecule has 1 heterocycles. The Bertz CT molecular complexity index is 524. The Morgan fingerprint density at radius 2 is 2.27 bits per heavy atom. The van der Waals surface area contributed by atoms with Gasteiger partial charge in [-0.25, -0.2) is 0 Å². The number of amides is 1. The predicted molar refractivity (Wildman–Crippen MR) is 89.0 cm³/mol. The molecule has 1 amide bonds. The van der Waals surface area contributed by atoms with Gasteiger partial charge in [-0.2, -0.15) is 0 Å². The molecule has 0 spiro atoms. The third-order valence-corrected chi connectivity index (χ3v) is 4.74. The van der Waals surface area contributed by atoms with Crippen LogP contribution in [0, 0.1) is 5.92 Å². The van der Waals surface area contributed by atoms with Gasteiger partial charge < -0.3 is 20.1 Å². The van der Waals surface area contributed by atoms with E-state index in [2.05, 4.69) is 21.2 Å². The van der Waals surface area contributed by atoms with Crippen LogP contribution in [0.25, 0.3) is 0 Å². The Morgan fingerprint density at radius 3 is 2.86 bits per heavy atom. The maximum atomic E-state index is 12.2. The molecule has 1 aliphatic heterocycles. The summed E-state index contributed by atoms with van der Waals surface area (Å²) in [6.07, 6.45) is 0.780. The zero-order valence-corrected chi connectivity index (χ0v) is 14.6. The van der Waals surface area contributed by atoms with Gasteiger partial charge in [0.15, 0.2) is 0 Å². The minimum absolute atomic E-state index is 0.0325. The molecule has 122 valence electrons. The van der Waals surface area contributed by atoms with Gasteiger partial charge in [0.05, 0.1) is 17.7 Å². The Labute approximate surface area is 139 Å². The molecule has 2 rings (SSSR count). The number of nitrogens with zero attached hydrogens (tertiary/aromatic N) is 1. The second kappa shape index (κ2) is 7.94. The van der Waals surface area contributed by atoms with E-state index in [1.807, 2.05) is 25.2 Å². The molecule has 1 fully saturated rings. The van der Waals surface area contributed by atoms with E-state index in [-0.39, 0.29) is 11.8 Å². The molecule has 0 bridgehead atoms. The predicted octanol–water partition coefficient (Wildman–Crippen LogP) is 1.43. The van der Waals surface area contributed by atoms with Crippen molar-refractivity contribution in [3.8, 4) is 5.75 Å². The molecule has 2 atom stereocenters. The number of halogens is 1. The number of rotatable bonds is 6. The lowest BCUT2D eigenvalue weighted by atomic mass is 10.0. The summed E-state index contributed by atoms with van der Waals surface area (Å²) in [7, 11) is 3.45. The molecule has 1 aliphatic rings. The van der Waals surface area contributed by atoms with E-state index in [1.54, 1.807) is 12.0 Å². The normalized spacial score (nSPS) is 20.9. The molecule has 6 heteroatoms. The lowest BCUT2D eigenvalue weighted by Gasteiger charge is -2.20. The molecule has 0 aromatic heterocycles. The highest BCUT2D eigenvalue weighted by Crippen LogP contribution is 2.25. The number of methoxy groups -OCH3 is 1. The molecular formula is C16H23BrN2O3. The highest BCUT2D eigenvalue weighted by molar-refractivity contribution is 9.10. The molecule has 5 nitrogen and oxygen atoms in total. The van der Waals surface area contributed by atoms with Crippen LogP contribution >= 0.6 is 15.9 Å². The van der Waals surface area contributed by atoms with E-state index < -0.39 is 6.10 Å². The Morgan fingerprint density at radius 1 is 1.50 bits per heavy atom. The smallest absolute Gasteiger partial charge is 0.222 e. The van der Waals surface area contributed by atoms with Gasteiger partial charge in [-0.1, -0.05) is 6.07 Å². The molecule has 22 heavy (non-hydrogen) atoms. The fraction of sp³-hybridized carbons (Fsp3) is 0.562. The third-order valence-electron chi connectivity index (χ3n) is 4.12. The van der Waals surface area contributed by atoms with E-state index in [9.17, 15) is 9.90 Å². The fourth-order valence-electron chi connectivity index (χ4n) is 2.59. The number of aliphatic hydroxyl groups is 1. The van der Waals surface area contributed by atoms with Gasteiger partial charge in [-0.05, 0) is 40.0 Å². The number of aliphatic hydroxyl groups excluding tert-OH is 1. The van der Waals surface area contributed by atoms with Crippen molar-refractivity contribution < 1.29 is 14.6 Å². The largest absolute Gasteiger partial charge is 0.496 e. The van der Waals surface area contributed by atoms with E-state index >= 15 is 0 Å². The second-order valence-electron chi connectivity index (χ2n) is 5.72. The van der Waals surface area contributed by atoms with Crippen molar-refractivity contribution in [2.75, 3.05) is 33.8 Å². The molecule has 0 unspecified atom stereocenters. The number of benzene rings is 1. The third kappa shape index (κ3) is 4.44. The average Bonchev–Trinajstić information content (AvgIpc) is 2.90. The van der Waals surface area contributed by atoms with E-state index in [4.69, 9.17) is 4.74 Å². The summed E-state index contributed by atoms with van der Waals surface area (Å²) < 4.78 is 6.13. The van der Waals surface area contributed by atoms with Gasteiger partial charge in [-0.15, -0.1) is 0 Å². The van der Waals surface area contributed by atoms with Crippen LogP contribution in [0.2, 0.25) is 0 Å². The second-order valence-corrected chi connectivity index (χ2v) is 6.58. The van der Waals surface area contributed by atoms with Crippen molar-refractivity contribution in [1.29, 1.82) is 0 Å². The zero-order valence-electron chi connectivity index (χ0n) is 13.0. The molecule has 0 aliphatic carbocycles. The number of carbonyl (C=O) groups is 1. The maximum absolute atomic E-state index is 12.2. The molecule has 0 saturated carbocycles. The van der Waals surface area contributed by atoms with Gasteiger partial charge in [0, 0.05) is 39.0 Å². The topological polar surface area (TPSA) is 61.8 Å². The molecule has 0 radical (unpaired) electrons. The monoisotopic (exact) mass is 370 g/mol. The van der Waals surface area contributed by atoms with Crippen molar-refractivity contribution >= 4 is 21.8 Å². The lowest BCUT2D eigenvalue weighted by molar-refractivity contribution is -0.131. The highest BCUT2D eigenvalue weighted by atomic mass is 79.9. The maximum Gasteiger partial charge on any atom is 0.222 e. The van der Waals surface area contributed by atoms with Gasteiger partial charge >= 0.3 is 0 Å². The molecule has 2 N–H and O–H groups in total. The SMILES string of the molecule is COc1ccc(CCN(C)C(=O)C[C@@H]2CNC[C@H]2O)cc1Br. The standard InChI is InChI=1S/C16H23BrN2O3/c1-19(16(21)8-12-9-18-10-14(12)20)6-5-11-3-4-15(22-2)13(17)7-11/h3-4,7,12,14,18,20H,5-6,8-10H2,1-2H3/t12-,14-/m1/s1. The zero-order chi connectivity index (χ0) is 16.1. The van der Waals surface area contributed by atoms with E-state index in [1.165, 1.54) is 0 Å². The number of nitrogens with one attached hydrogen (secondary N) is 1. The molecule has 1 aromatic rings. The van der Waals surface area contributed by atoms with Crippen LogP contribution in [0.5, 0.6) is 5.75 Å². The van der Waals surface area contributed by atoms with Gasteiger partial charge in [0.25, 0.3) is 0 Å². The summed E-state index contributed by atoms with van der Waals surface area (Å²) >= 11 is 3.47.